The molecule has 2 aliphatic heterocycles. The summed E-state index contributed by atoms with van der Waals surface area (Å²) in [5.74, 6) is -1.12. The maximum atomic E-state index is 14.7. The number of fused-ring (bicyclic) bond motifs is 6. The Morgan fingerprint density at radius 3 is 1.35 bits per heavy atom. The smallest absolute Gasteiger partial charge is 0.335 e. The van der Waals surface area contributed by atoms with Gasteiger partial charge in [0.1, 0.15) is 12.3 Å². The second kappa shape index (κ2) is 10.7. The third-order valence-corrected chi connectivity index (χ3v) is 12.0. The number of anilines is 3. The summed E-state index contributed by atoms with van der Waals surface area (Å²) in [7, 11) is -8.46. The first kappa shape index (κ1) is 29.6. The zero-order chi connectivity index (χ0) is 32.4. The van der Waals surface area contributed by atoms with Crippen molar-refractivity contribution in [1.29, 1.82) is 0 Å². The molecule has 2 heterocycles. The Bertz CT molecular complexity index is 2070. The number of para-hydroxylation sites is 2. The van der Waals surface area contributed by atoms with E-state index < -0.39 is 38.3 Å². The van der Waals surface area contributed by atoms with Crippen LogP contribution >= 0.6 is 0 Å². The second-order valence-electron chi connectivity index (χ2n) is 11.4. The van der Waals surface area contributed by atoms with Crippen molar-refractivity contribution >= 4 is 43.1 Å². The van der Waals surface area contributed by atoms with Gasteiger partial charge in [-0.2, -0.15) is 0 Å². The van der Waals surface area contributed by atoms with E-state index in [1.54, 1.807) is 114 Å². The van der Waals surface area contributed by atoms with Gasteiger partial charge in [-0.05, 0) is 74.5 Å². The molecule has 1 N–H and O–H groups in total. The lowest BCUT2D eigenvalue weighted by molar-refractivity contribution is 0.0697. The number of sulfonamides is 2. The van der Waals surface area contributed by atoms with Gasteiger partial charge in [0.05, 0.1) is 26.7 Å². The Hall–Kier alpha value is -5.13. The van der Waals surface area contributed by atoms with Crippen molar-refractivity contribution in [2.45, 2.75) is 36.0 Å². The van der Waals surface area contributed by atoms with Gasteiger partial charge in [-0.1, -0.05) is 71.8 Å². The fraction of sp³-hybridized carbons (Fsp3) is 0.114. The molecule has 0 aromatic heterocycles. The van der Waals surface area contributed by atoms with Gasteiger partial charge in [0, 0.05) is 16.8 Å². The summed E-state index contributed by atoms with van der Waals surface area (Å²) < 4.78 is 61.6. The van der Waals surface area contributed by atoms with Gasteiger partial charge in [-0.3, -0.25) is 0 Å². The van der Waals surface area contributed by atoms with Crippen LogP contribution in [0.2, 0.25) is 0 Å². The zero-order valence-electron chi connectivity index (χ0n) is 24.8. The van der Waals surface area contributed by atoms with Gasteiger partial charge < -0.3 is 10.0 Å². The molecular weight excluding hydrogens is 623 g/mol. The van der Waals surface area contributed by atoms with Crippen LogP contribution in [0.25, 0.3) is 0 Å². The number of carbonyl (C=O) groups is 1. The predicted molar refractivity (Wildman–Crippen MR) is 176 cm³/mol. The Morgan fingerprint density at radius 1 is 0.565 bits per heavy atom. The van der Waals surface area contributed by atoms with Gasteiger partial charge in [-0.25, -0.2) is 30.2 Å². The lowest BCUT2D eigenvalue weighted by atomic mass is 9.95. The summed E-state index contributed by atoms with van der Waals surface area (Å²) in [5.41, 5.74) is 3.86. The molecule has 7 rings (SSSR count). The molecule has 5 aromatic rings. The first-order valence-corrected chi connectivity index (χ1v) is 17.4. The molecule has 2 aliphatic rings. The first-order valence-electron chi connectivity index (χ1n) is 14.5. The standard InChI is InChI=1S/C35H29N3O6S2/c1-23-11-19-27(20-12-23)45(41,42)37-31-9-5-3-7-29(31)34-36(26-17-15-25(16-18-26)35(39)40)33(37)30-8-4-6-10-32(30)38(34)46(43,44)28-21-13-24(2)14-22-28/h3-22,33-34H,1-2H3,(H,39,40). The molecule has 0 fully saturated rings. The molecule has 46 heavy (non-hydrogen) atoms. The summed E-state index contributed by atoms with van der Waals surface area (Å²) >= 11 is 0. The highest BCUT2D eigenvalue weighted by Crippen LogP contribution is 2.57. The van der Waals surface area contributed by atoms with Crippen LogP contribution in [0.5, 0.6) is 0 Å². The van der Waals surface area contributed by atoms with Gasteiger partial charge in [0.15, 0.2) is 0 Å². The molecular formula is C35H29N3O6S2. The van der Waals surface area contributed by atoms with Gasteiger partial charge in [-0.15, -0.1) is 0 Å². The number of benzene rings is 5. The summed E-state index contributed by atoms with van der Waals surface area (Å²) in [5, 5.41) is 9.61. The van der Waals surface area contributed by atoms with Gasteiger partial charge in [0.2, 0.25) is 0 Å². The quantitative estimate of drug-likeness (QED) is 0.219. The molecule has 11 heteroatoms. The van der Waals surface area contributed by atoms with Crippen molar-refractivity contribution in [3.8, 4) is 0 Å². The highest BCUT2D eigenvalue weighted by atomic mass is 32.2. The van der Waals surface area contributed by atoms with E-state index in [4.69, 9.17) is 0 Å². The number of nitrogens with zero attached hydrogens (tertiary/aromatic N) is 3. The van der Waals surface area contributed by atoms with E-state index in [1.807, 2.05) is 13.8 Å². The first-order chi connectivity index (χ1) is 22.0. The topological polar surface area (TPSA) is 115 Å². The number of aromatic carboxylic acids is 1. The molecule has 0 radical (unpaired) electrons. The molecule has 2 atom stereocenters. The number of aryl methyl sites for hydroxylation is 2. The minimum absolute atomic E-state index is 0.0417. The molecule has 2 unspecified atom stereocenters. The van der Waals surface area contributed by atoms with Crippen molar-refractivity contribution in [1.82, 2.24) is 0 Å². The van der Waals surface area contributed by atoms with Crippen LogP contribution < -0.4 is 13.5 Å². The van der Waals surface area contributed by atoms with Crippen molar-refractivity contribution in [3.63, 3.8) is 0 Å². The van der Waals surface area contributed by atoms with Crippen LogP contribution in [0.15, 0.2) is 131 Å². The SMILES string of the molecule is Cc1ccc(S(=O)(=O)N2c3ccccc3C3N(c4ccc(C(=O)O)cc4)C2c2ccccc2N3S(=O)(=O)c2ccc(C)cc2)cc1. The Labute approximate surface area is 267 Å². The van der Waals surface area contributed by atoms with Crippen LogP contribution in [0.1, 0.15) is 44.9 Å². The number of hydrogen-bond acceptors (Lipinski definition) is 6. The number of rotatable bonds is 6. The van der Waals surface area contributed by atoms with E-state index in [2.05, 4.69) is 0 Å². The Morgan fingerprint density at radius 2 is 0.957 bits per heavy atom. The Balaban J connectivity index is 1.56. The number of carboxylic acid groups (broad SMARTS) is 1. The monoisotopic (exact) mass is 651 g/mol. The molecule has 2 bridgehead atoms. The van der Waals surface area contributed by atoms with Crippen molar-refractivity contribution in [2.75, 3.05) is 13.5 Å². The van der Waals surface area contributed by atoms with E-state index in [9.17, 15) is 26.7 Å². The number of carboxylic acids is 1. The largest absolute Gasteiger partial charge is 0.478 e. The normalized spacial score (nSPS) is 17.3. The lowest BCUT2D eigenvalue weighted by Crippen LogP contribution is -2.59. The van der Waals surface area contributed by atoms with Crippen LogP contribution in [0.3, 0.4) is 0 Å². The van der Waals surface area contributed by atoms with E-state index in [0.717, 1.165) is 11.1 Å². The predicted octanol–water partition coefficient (Wildman–Crippen LogP) is 6.62. The number of hydrogen-bond donors (Lipinski definition) is 1. The van der Waals surface area contributed by atoms with Crippen molar-refractivity contribution < 1.29 is 26.7 Å². The highest BCUT2D eigenvalue weighted by Gasteiger charge is 2.54. The van der Waals surface area contributed by atoms with Crippen LogP contribution in [-0.2, 0) is 20.0 Å². The molecule has 0 saturated heterocycles. The lowest BCUT2D eigenvalue weighted by Gasteiger charge is -2.56. The summed E-state index contributed by atoms with van der Waals surface area (Å²) in [6, 6.07) is 33.0. The third-order valence-electron chi connectivity index (χ3n) is 8.44. The van der Waals surface area contributed by atoms with Crippen LogP contribution in [0.4, 0.5) is 17.1 Å². The highest BCUT2D eigenvalue weighted by molar-refractivity contribution is 7.93. The molecule has 232 valence electrons. The second-order valence-corrected chi connectivity index (χ2v) is 15.0. The average Bonchev–Trinajstić information content (AvgIpc) is 3.05. The average molecular weight is 652 g/mol. The fourth-order valence-corrected chi connectivity index (χ4v) is 9.44. The minimum Gasteiger partial charge on any atom is -0.478 e. The van der Waals surface area contributed by atoms with Crippen LogP contribution in [-0.4, -0.2) is 27.9 Å². The van der Waals surface area contributed by atoms with Gasteiger partial charge in [0.25, 0.3) is 20.0 Å². The molecule has 9 nitrogen and oxygen atoms in total. The van der Waals surface area contributed by atoms with E-state index in [0.29, 0.717) is 28.2 Å². The fourth-order valence-electron chi connectivity index (χ4n) is 6.22. The van der Waals surface area contributed by atoms with Crippen molar-refractivity contribution in [2.24, 2.45) is 0 Å². The minimum atomic E-state index is -4.23. The Kier molecular flexibility index (Phi) is 6.91. The maximum absolute atomic E-state index is 14.7. The van der Waals surface area contributed by atoms with Crippen molar-refractivity contribution in [3.05, 3.63) is 149 Å². The molecule has 0 spiro atoms. The van der Waals surface area contributed by atoms with Gasteiger partial charge >= 0.3 is 5.97 Å². The summed E-state index contributed by atoms with van der Waals surface area (Å²) in [6.07, 6.45) is -2.05. The van der Waals surface area contributed by atoms with E-state index in [1.165, 1.54) is 20.7 Å². The van der Waals surface area contributed by atoms with E-state index in [-0.39, 0.29) is 15.4 Å². The zero-order valence-corrected chi connectivity index (χ0v) is 26.5. The molecule has 0 aliphatic carbocycles. The molecule has 0 amide bonds. The molecule has 0 saturated carbocycles. The maximum Gasteiger partial charge on any atom is 0.335 e. The summed E-state index contributed by atoms with van der Waals surface area (Å²) in [4.78, 5) is 13.7. The summed E-state index contributed by atoms with van der Waals surface area (Å²) in [6.45, 7) is 3.75. The van der Waals surface area contributed by atoms with E-state index >= 15 is 0 Å². The molecule has 5 aromatic carbocycles. The third kappa shape index (κ3) is 4.53. The van der Waals surface area contributed by atoms with Crippen LogP contribution in [0, 0.1) is 13.8 Å².